The van der Waals surface area contributed by atoms with Crippen LogP contribution in [0.3, 0.4) is 0 Å². The molecule has 44 heavy (non-hydrogen) atoms. The fraction of sp³-hybridized carbons (Fsp3) is 0.619. The van der Waals surface area contributed by atoms with Crippen LogP contribution in [0.15, 0.2) is 97.7 Å². The molecule has 2 N–H and O–H groups in total. The third kappa shape index (κ3) is 40.2. The lowest BCUT2D eigenvalue weighted by molar-refractivity contribution is 0.304. The summed E-state index contributed by atoms with van der Waals surface area (Å²) in [6.45, 7) is 43.1. The van der Waals surface area contributed by atoms with Gasteiger partial charge < -0.3 is 5.73 Å². The van der Waals surface area contributed by atoms with Gasteiger partial charge in [0.05, 0.1) is 0 Å². The summed E-state index contributed by atoms with van der Waals surface area (Å²) in [5.41, 5.74) is 10.0. The Kier molecular flexibility index (Phi) is 53.9. The molecule has 1 aliphatic rings. The molecule has 1 atom stereocenters. The van der Waals surface area contributed by atoms with E-state index in [0.29, 0.717) is 17.4 Å². The van der Waals surface area contributed by atoms with Crippen LogP contribution >= 0.6 is 11.8 Å². The maximum absolute atomic E-state index is 5.70. The third-order valence-electron chi connectivity index (χ3n) is 6.72. The normalized spacial score (nSPS) is 17.1. The smallest absolute Gasteiger partial charge is 0.00390 e. The van der Waals surface area contributed by atoms with E-state index in [1.807, 2.05) is 72.4 Å². The molecule has 1 saturated carbocycles. The van der Waals surface area contributed by atoms with Gasteiger partial charge in [0.1, 0.15) is 0 Å². The van der Waals surface area contributed by atoms with E-state index in [0.717, 1.165) is 12.3 Å². The molecule has 0 aromatic heterocycles. The van der Waals surface area contributed by atoms with Crippen molar-refractivity contribution in [3.8, 4) is 0 Å². The Morgan fingerprint density at radius 3 is 1.75 bits per heavy atom. The first-order valence-electron chi connectivity index (χ1n) is 17.3. The first-order valence-corrected chi connectivity index (χ1v) is 18.7. The first kappa shape index (κ1) is 54.7. The molecule has 1 rings (SSSR count). The molecule has 0 heterocycles. The number of hydrogen-bond acceptors (Lipinski definition) is 2. The number of thioether (sulfide) groups is 1. The van der Waals surface area contributed by atoms with Crippen molar-refractivity contribution in [3.63, 3.8) is 0 Å². The molecule has 2 heteroatoms. The molecular formula is C42H81NS. The third-order valence-corrected chi connectivity index (χ3v) is 7.36. The van der Waals surface area contributed by atoms with E-state index in [2.05, 4.69) is 117 Å². The van der Waals surface area contributed by atoms with Crippen LogP contribution < -0.4 is 5.73 Å². The molecule has 1 aliphatic carbocycles. The van der Waals surface area contributed by atoms with Gasteiger partial charge in [0.15, 0.2) is 0 Å². The second-order valence-electron chi connectivity index (χ2n) is 10.9. The zero-order valence-electron chi connectivity index (χ0n) is 32.7. The minimum atomic E-state index is 0.352. The quantitative estimate of drug-likeness (QED) is 0.147. The fourth-order valence-electron chi connectivity index (χ4n) is 3.55. The van der Waals surface area contributed by atoms with Crippen LogP contribution in [0.25, 0.3) is 0 Å². The minimum Gasteiger partial charge on any atom is -0.328 e. The largest absolute Gasteiger partial charge is 0.328 e. The van der Waals surface area contributed by atoms with Gasteiger partial charge in [-0.05, 0) is 99.7 Å². The average molecular weight is 632 g/mol. The fourth-order valence-corrected chi connectivity index (χ4v) is 3.90. The van der Waals surface area contributed by atoms with Crippen molar-refractivity contribution in [2.45, 2.75) is 141 Å². The Morgan fingerprint density at radius 2 is 1.41 bits per heavy atom. The van der Waals surface area contributed by atoms with Gasteiger partial charge in [0, 0.05) is 6.04 Å². The van der Waals surface area contributed by atoms with Gasteiger partial charge in [-0.3, -0.25) is 0 Å². The van der Waals surface area contributed by atoms with E-state index in [1.165, 1.54) is 54.6 Å². The van der Waals surface area contributed by atoms with Crippen molar-refractivity contribution in [1.82, 2.24) is 0 Å². The van der Waals surface area contributed by atoms with E-state index >= 15 is 0 Å². The van der Waals surface area contributed by atoms with Crippen LogP contribution in [-0.2, 0) is 0 Å². The van der Waals surface area contributed by atoms with E-state index < -0.39 is 0 Å². The Morgan fingerprint density at radius 1 is 0.909 bits per heavy atom. The molecule has 1 fully saturated rings. The van der Waals surface area contributed by atoms with E-state index in [4.69, 9.17) is 5.73 Å². The molecule has 0 amide bonds. The van der Waals surface area contributed by atoms with E-state index in [1.54, 1.807) is 6.08 Å². The van der Waals surface area contributed by atoms with E-state index in [-0.39, 0.29) is 0 Å². The Balaban J connectivity index is -0.000000113. The van der Waals surface area contributed by atoms with Gasteiger partial charge >= 0.3 is 0 Å². The van der Waals surface area contributed by atoms with Crippen molar-refractivity contribution in [2.24, 2.45) is 23.0 Å². The molecule has 260 valence electrons. The van der Waals surface area contributed by atoms with Gasteiger partial charge in [-0.15, -0.1) is 13.2 Å². The molecule has 0 saturated heterocycles. The van der Waals surface area contributed by atoms with Crippen molar-refractivity contribution < 1.29 is 0 Å². The predicted molar refractivity (Wildman–Crippen MR) is 217 cm³/mol. The lowest BCUT2D eigenvalue weighted by Crippen LogP contribution is -2.25. The summed E-state index contributed by atoms with van der Waals surface area (Å²) in [5.74, 6) is 2.78. The molecular weight excluding hydrogens is 551 g/mol. The molecule has 1 unspecified atom stereocenters. The highest BCUT2D eigenvalue weighted by molar-refractivity contribution is 7.98. The minimum absolute atomic E-state index is 0.352. The van der Waals surface area contributed by atoms with Gasteiger partial charge in [0.25, 0.3) is 0 Å². The lowest BCUT2D eigenvalue weighted by Gasteiger charge is -2.28. The maximum atomic E-state index is 5.70. The second-order valence-corrected chi connectivity index (χ2v) is 11.9. The van der Waals surface area contributed by atoms with Crippen LogP contribution in [0.1, 0.15) is 135 Å². The van der Waals surface area contributed by atoms with Gasteiger partial charge in [-0.1, -0.05) is 150 Å². The van der Waals surface area contributed by atoms with E-state index in [9.17, 15) is 0 Å². The zero-order valence-corrected chi connectivity index (χ0v) is 33.5. The molecule has 0 aromatic rings. The van der Waals surface area contributed by atoms with Crippen LogP contribution in [0.4, 0.5) is 0 Å². The van der Waals surface area contributed by atoms with Gasteiger partial charge in [-0.25, -0.2) is 0 Å². The first-order chi connectivity index (χ1) is 21.0. The summed E-state index contributed by atoms with van der Waals surface area (Å²) in [7, 11) is 0. The molecule has 0 aromatic carbocycles. The monoisotopic (exact) mass is 632 g/mol. The summed E-state index contributed by atoms with van der Waals surface area (Å²) < 4.78 is 0. The summed E-state index contributed by atoms with van der Waals surface area (Å²) in [6.07, 6.45) is 28.2. The Bertz CT molecular complexity index is 724. The molecule has 0 spiro atoms. The number of hydrogen-bond donors (Lipinski definition) is 1. The van der Waals surface area contributed by atoms with Crippen LogP contribution in [0, 0.1) is 17.3 Å². The highest BCUT2D eigenvalue weighted by atomic mass is 32.2. The van der Waals surface area contributed by atoms with Crippen LogP contribution in [0.2, 0.25) is 0 Å². The Labute approximate surface area is 285 Å². The average Bonchev–Trinajstić information content (AvgIpc) is 3.05. The zero-order chi connectivity index (χ0) is 36.0. The maximum Gasteiger partial charge on any atom is 0.00390 e. The summed E-state index contributed by atoms with van der Waals surface area (Å²) in [5, 5.41) is 0. The van der Waals surface area contributed by atoms with Crippen molar-refractivity contribution in [1.29, 1.82) is 0 Å². The van der Waals surface area contributed by atoms with Gasteiger partial charge in [0.2, 0.25) is 0 Å². The Hall–Kier alpha value is -1.77. The van der Waals surface area contributed by atoms with Crippen molar-refractivity contribution >= 4 is 11.8 Å². The number of allylic oxidation sites excluding steroid dienone is 12. The highest BCUT2D eigenvalue weighted by Crippen LogP contribution is 2.32. The topological polar surface area (TPSA) is 26.0 Å². The molecule has 0 bridgehead atoms. The molecule has 0 aliphatic heterocycles. The summed E-state index contributed by atoms with van der Waals surface area (Å²) in [6, 6.07) is 0.520. The summed E-state index contributed by atoms with van der Waals surface area (Å²) >= 11 is 1.91. The van der Waals surface area contributed by atoms with Crippen LogP contribution in [0.5, 0.6) is 0 Å². The SMILES string of the molecule is C/C=C\C(=C/CCSC)C(C)C(C)(C)C.C=C.C=C/C=C\C(=C/C)C/C=C(/C)C=C.CC.CC.CC.CC1CCC(N)CC1. The molecule has 1 nitrogen and oxygen atoms in total. The number of rotatable bonds is 10. The van der Waals surface area contributed by atoms with Crippen molar-refractivity contribution in [2.75, 3.05) is 12.0 Å². The second kappa shape index (κ2) is 43.4. The van der Waals surface area contributed by atoms with Gasteiger partial charge in [-0.2, -0.15) is 11.8 Å². The highest BCUT2D eigenvalue weighted by Gasteiger charge is 2.21. The summed E-state index contributed by atoms with van der Waals surface area (Å²) in [4.78, 5) is 0. The lowest BCUT2D eigenvalue weighted by atomic mass is 9.77. The molecule has 0 radical (unpaired) electrons. The van der Waals surface area contributed by atoms with Crippen molar-refractivity contribution in [3.05, 3.63) is 97.7 Å². The predicted octanol–water partition coefficient (Wildman–Crippen LogP) is 14.5. The number of nitrogens with two attached hydrogens (primary N) is 1. The standard InChI is InChI=1S/C14H26S.C13H18.C7H15N.3C2H6.C2H4/c1-7-9-13(10-8-11-15-6)12(2)14(3,4)5;1-5-8-9-13(7-3)11-10-12(4)6-2;1-6-2-4-7(8)5-3-6;4*1-2/h7,9-10,12H,8,11H2,1-6H3;5-10H,1-2,11H2,3-4H3;6-7H,2-5,8H2,1H3;3*1-2H3;1-2H2/b9-7-,13-10+;9-8-,12-10-,13-7+;;;;;. The van der Waals surface area contributed by atoms with Crippen LogP contribution in [-0.4, -0.2) is 18.1 Å².